The Morgan fingerprint density at radius 2 is 1.28 bits per heavy atom. The molecule has 5 aromatic heterocycles. The summed E-state index contributed by atoms with van der Waals surface area (Å²) in [6.45, 7) is 13.5. The number of furan rings is 1. The number of pyridine rings is 2. The van der Waals surface area contributed by atoms with Crippen LogP contribution in [0.4, 0.5) is 0 Å². The molecule has 0 atom stereocenters. The second-order valence-corrected chi connectivity index (χ2v) is 15.8. The smallest absolute Gasteiger partial charge is 0.159 e. The van der Waals surface area contributed by atoms with Gasteiger partial charge in [-0.3, -0.25) is 0 Å². The van der Waals surface area contributed by atoms with Crippen LogP contribution >= 0.6 is 0 Å². The molecule has 1 radical (unpaired) electrons. The molecule has 263 valence electrons. The number of nitrogens with zero attached hydrogens (tertiary/aromatic N) is 3. The zero-order chi connectivity index (χ0) is 35.8. The molecule has 0 spiro atoms. The Morgan fingerprint density at radius 1 is 0.566 bits per heavy atom. The van der Waals surface area contributed by atoms with Crippen LogP contribution in [-0.2, 0) is 30.9 Å². The van der Waals surface area contributed by atoms with Crippen LogP contribution in [0.1, 0.15) is 52.7 Å². The van der Waals surface area contributed by atoms with Crippen LogP contribution in [0.2, 0.25) is 0 Å². The van der Waals surface area contributed by atoms with Crippen molar-refractivity contribution in [3.8, 4) is 22.5 Å². The summed E-state index contributed by atoms with van der Waals surface area (Å²) in [5.74, 6) is 0. The molecular formula is C48H39IrN3O-2. The Morgan fingerprint density at radius 3 is 1.98 bits per heavy atom. The first-order valence-electron chi connectivity index (χ1n) is 17.9. The molecule has 5 heterocycles. The minimum atomic E-state index is 0. The topological polar surface area (TPSA) is 43.3 Å². The Bertz CT molecular complexity index is 2850. The SMILES string of the molecule is CC(C)(C)c1ccc(-c2[c-]cc3c(c2)c2cc(C(C)(C)C)cc4c5ccc6c7ccccc7oc6c5n3c24)nc1.[Ir].[c-]1ccccc1-c1ccccn1. The van der Waals surface area contributed by atoms with E-state index in [-0.39, 0.29) is 30.9 Å². The van der Waals surface area contributed by atoms with E-state index in [1.807, 2.05) is 54.7 Å². The maximum atomic E-state index is 6.56. The van der Waals surface area contributed by atoms with Crippen molar-refractivity contribution in [1.29, 1.82) is 0 Å². The third-order valence-electron chi connectivity index (χ3n) is 10.2. The van der Waals surface area contributed by atoms with E-state index in [9.17, 15) is 0 Å². The second kappa shape index (κ2) is 12.9. The van der Waals surface area contributed by atoms with Crippen LogP contribution in [0.5, 0.6) is 0 Å². The molecule has 0 unspecified atom stereocenters. The average Bonchev–Trinajstić information content (AvgIpc) is 3.81. The van der Waals surface area contributed by atoms with Crippen molar-refractivity contribution >= 4 is 60.0 Å². The second-order valence-electron chi connectivity index (χ2n) is 15.8. The van der Waals surface area contributed by atoms with Crippen LogP contribution in [0, 0.1) is 12.1 Å². The molecule has 0 saturated carbocycles. The summed E-state index contributed by atoms with van der Waals surface area (Å²) in [6, 6.07) is 46.7. The molecule has 0 N–H and O–H groups in total. The van der Waals surface area contributed by atoms with E-state index in [1.165, 1.54) is 38.2 Å². The van der Waals surface area contributed by atoms with Gasteiger partial charge in [0, 0.05) is 54.0 Å². The third kappa shape index (κ3) is 5.89. The van der Waals surface area contributed by atoms with Crippen molar-refractivity contribution in [2.45, 2.75) is 52.4 Å². The van der Waals surface area contributed by atoms with Gasteiger partial charge in [-0.1, -0.05) is 102 Å². The van der Waals surface area contributed by atoms with Crippen LogP contribution in [0.15, 0.2) is 132 Å². The first kappa shape index (κ1) is 34.7. The van der Waals surface area contributed by atoms with Gasteiger partial charge in [-0.05, 0) is 68.5 Å². The molecule has 5 heteroatoms. The van der Waals surface area contributed by atoms with Crippen molar-refractivity contribution < 1.29 is 24.5 Å². The molecule has 10 aromatic rings. The minimum Gasteiger partial charge on any atom is -0.454 e. The zero-order valence-corrected chi connectivity index (χ0v) is 33.1. The summed E-state index contributed by atoms with van der Waals surface area (Å²) in [5.41, 5.74) is 12.0. The number of para-hydroxylation sites is 1. The maximum Gasteiger partial charge on any atom is 0.159 e. The molecule has 0 aliphatic rings. The van der Waals surface area contributed by atoms with E-state index in [0.29, 0.717) is 0 Å². The quantitative estimate of drug-likeness (QED) is 0.163. The molecule has 0 bridgehead atoms. The summed E-state index contributed by atoms with van der Waals surface area (Å²) in [5, 5.41) is 7.28. The van der Waals surface area contributed by atoms with Crippen LogP contribution in [0.25, 0.3) is 82.5 Å². The Balaban J connectivity index is 0.000000262. The number of hydrogen-bond donors (Lipinski definition) is 0. The molecule has 10 rings (SSSR count). The van der Waals surface area contributed by atoms with E-state index >= 15 is 0 Å². The van der Waals surface area contributed by atoms with Crippen LogP contribution < -0.4 is 0 Å². The van der Waals surface area contributed by atoms with Crippen LogP contribution in [-0.4, -0.2) is 14.4 Å². The fourth-order valence-corrected chi connectivity index (χ4v) is 7.39. The largest absolute Gasteiger partial charge is 0.454 e. The minimum absolute atomic E-state index is 0. The molecule has 0 aliphatic carbocycles. The normalized spacial score (nSPS) is 12.2. The van der Waals surface area contributed by atoms with Gasteiger partial charge in [0.1, 0.15) is 5.58 Å². The van der Waals surface area contributed by atoms with E-state index in [2.05, 4.69) is 130 Å². The summed E-state index contributed by atoms with van der Waals surface area (Å²) < 4.78 is 8.97. The number of rotatable bonds is 2. The maximum absolute atomic E-state index is 6.56. The van der Waals surface area contributed by atoms with E-state index in [1.54, 1.807) is 6.20 Å². The fourth-order valence-electron chi connectivity index (χ4n) is 7.39. The summed E-state index contributed by atoms with van der Waals surface area (Å²) in [4.78, 5) is 9.06. The van der Waals surface area contributed by atoms with Gasteiger partial charge in [0.15, 0.2) is 5.58 Å². The molecular weight excluding hydrogens is 827 g/mol. The molecule has 4 nitrogen and oxygen atoms in total. The average molecular weight is 866 g/mol. The van der Waals surface area contributed by atoms with Crippen LogP contribution in [0.3, 0.4) is 0 Å². The van der Waals surface area contributed by atoms with Gasteiger partial charge in [-0.25, -0.2) is 0 Å². The van der Waals surface area contributed by atoms with Gasteiger partial charge in [-0.2, -0.15) is 0 Å². The van der Waals surface area contributed by atoms with E-state index < -0.39 is 0 Å². The Hall–Kier alpha value is -5.35. The van der Waals surface area contributed by atoms with E-state index in [0.717, 1.165) is 55.5 Å². The third-order valence-corrected chi connectivity index (χ3v) is 10.2. The van der Waals surface area contributed by atoms with E-state index in [4.69, 9.17) is 9.40 Å². The van der Waals surface area contributed by atoms with Crippen molar-refractivity contribution in [3.05, 3.63) is 151 Å². The number of benzene rings is 5. The fraction of sp³-hybridized carbons (Fsp3) is 0.167. The first-order valence-corrected chi connectivity index (χ1v) is 17.9. The van der Waals surface area contributed by atoms with Gasteiger partial charge in [-0.15, -0.1) is 59.7 Å². The van der Waals surface area contributed by atoms with Crippen molar-refractivity contribution in [1.82, 2.24) is 14.4 Å². The number of aromatic nitrogens is 3. The van der Waals surface area contributed by atoms with Crippen molar-refractivity contribution in [2.24, 2.45) is 0 Å². The summed E-state index contributed by atoms with van der Waals surface area (Å²) in [7, 11) is 0. The predicted molar refractivity (Wildman–Crippen MR) is 216 cm³/mol. The monoisotopic (exact) mass is 866 g/mol. The number of hydrogen-bond acceptors (Lipinski definition) is 3. The molecule has 0 amide bonds. The Kier molecular flexibility index (Phi) is 8.48. The molecule has 0 fully saturated rings. The molecule has 53 heavy (non-hydrogen) atoms. The number of fused-ring (bicyclic) bond motifs is 10. The van der Waals surface area contributed by atoms with Crippen molar-refractivity contribution in [2.75, 3.05) is 0 Å². The molecule has 5 aromatic carbocycles. The first-order chi connectivity index (χ1) is 25.1. The van der Waals surface area contributed by atoms with Gasteiger partial charge >= 0.3 is 0 Å². The van der Waals surface area contributed by atoms with Gasteiger partial charge in [0.2, 0.25) is 0 Å². The van der Waals surface area contributed by atoms with Gasteiger partial charge in [0.25, 0.3) is 0 Å². The summed E-state index contributed by atoms with van der Waals surface area (Å²) >= 11 is 0. The van der Waals surface area contributed by atoms with Gasteiger partial charge in [0.05, 0.1) is 11.0 Å². The standard InChI is InChI=1S/C37H31N2O.C11H8N.Ir/c1-36(2,3)22-12-15-30(38-20-22)21-11-16-31-27(17-21)29-19-23(37(4,5)6)18-28-25-13-14-26-24-9-7-8-10-32(24)40-35(26)34(25)39(31)33(28)29;1-2-6-10(7-3-1)11-8-4-5-9-12-11;/h7-10,12-20H,1-6H3;1-6,8-9H;/q2*-1;. The Labute approximate surface area is 323 Å². The van der Waals surface area contributed by atoms with Crippen molar-refractivity contribution in [3.63, 3.8) is 0 Å². The summed E-state index contributed by atoms with van der Waals surface area (Å²) in [6.07, 6.45) is 3.79. The zero-order valence-electron chi connectivity index (χ0n) is 30.7. The molecule has 0 saturated heterocycles. The van der Waals surface area contributed by atoms with Gasteiger partial charge < -0.3 is 18.8 Å². The predicted octanol–water partition coefficient (Wildman–Crippen LogP) is 12.7. The molecule has 0 aliphatic heterocycles.